The van der Waals surface area contributed by atoms with E-state index in [-0.39, 0.29) is 0 Å². The van der Waals surface area contributed by atoms with Gasteiger partial charge in [-0.05, 0) is 20.8 Å². The van der Waals surface area contributed by atoms with E-state index >= 15 is 0 Å². The molecule has 0 amide bonds. The molecule has 0 saturated heterocycles. The molecule has 2 aromatic heterocycles. The number of aromatic nitrogens is 3. The molecular weight excluding hydrogens is 220 g/mol. The Balaban J connectivity index is 2.19. The first-order valence-corrected chi connectivity index (χ1v) is 6.25. The number of hydrogen-bond acceptors (Lipinski definition) is 4. The predicted octanol–water partition coefficient (Wildman–Crippen LogP) is 2.44. The van der Waals surface area contributed by atoms with Crippen molar-refractivity contribution in [3.05, 3.63) is 28.0 Å². The number of nitrogens with zero attached hydrogens (tertiary/aromatic N) is 3. The van der Waals surface area contributed by atoms with Gasteiger partial charge in [-0.3, -0.25) is 0 Å². The molecule has 2 aromatic rings. The van der Waals surface area contributed by atoms with Crippen molar-refractivity contribution in [3.8, 4) is 0 Å². The lowest BCUT2D eigenvalue weighted by Gasteiger charge is -2.05. The van der Waals surface area contributed by atoms with Crippen molar-refractivity contribution in [2.24, 2.45) is 0 Å². The summed E-state index contributed by atoms with van der Waals surface area (Å²) in [5, 5.41) is 6.45. The number of anilines is 1. The maximum Gasteiger partial charge on any atom is 0.203 e. The van der Waals surface area contributed by atoms with Crippen LogP contribution in [0, 0.1) is 13.8 Å². The highest BCUT2D eigenvalue weighted by Gasteiger charge is 2.06. The van der Waals surface area contributed by atoms with Gasteiger partial charge < -0.3 is 9.88 Å². The van der Waals surface area contributed by atoms with E-state index in [0.717, 1.165) is 35.4 Å². The molecule has 0 saturated carbocycles. The van der Waals surface area contributed by atoms with Crippen LogP contribution in [0.3, 0.4) is 0 Å². The molecule has 0 spiro atoms. The largest absolute Gasteiger partial charge is 0.356 e. The molecule has 4 nitrogen and oxygen atoms in total. The normalized spacial score (nSPS) is 10.7. The first-order valence-electron chi connectivity index (χ1n) is 5.37. The summed E-state index contributed by atoms with van der Waals surface area (Å²) in [5.74, 6) is 0.924. The number of hydrogen-bond donors (Lipinski definition) is 1. The summed E-state index contributed by atoms with van der Waals surface area (Å²) >= 11 is 1.69. The van der Waals surface area contributed by atoms with Gasteiger partial charge in [0.15, 0.2) is 0 Å². The second-order valence-electron chi connectivity index (χ2n) is 3.75. The number of nitrogens with one attached hydrogen (secondary N) is 1. The molecule has 2 rings (SSSR count). The van der Waals surface area contributed by atoms with Crippen molar-refractivity contribution in [1.82, 2.24) is 14.5 Å². The third-order valence-electron chi connectivity index (χ3n) is 2.20. The monoisotopic (exact) mass is 236 g/mol. The number of thiazole rings is 1. The topological polar surface area (TPSA) is 42.7 Å². The summed E-state index contributed by atoms with van der Waals surface area (Å²) in [6.07, 6.45) is 2.05. The van der Waals surface area contributed by atoms with Crippen molar-refractivity contribution in [1.29, 1.82) is 0 Å². The Hall–Kier alpha value is -1.36. The standard InChI is InChI=1S/C11H16N4S/c1-4-12-11-14-8(2)5-15(11)6-10-13-9(3)7-16-10/h5,7H,4,6H2,1-3H3,(H,12,14). The molecule has 0 fully saturated rings. The van der Waals surface area contributed by atoms with Gasteiger partial charge in [0, 0.05) is 23.8 Å². The van der Waals surface area contributed by atoms with Gasteiger partial charge in [0.25, 0.3) is 0 Å². The summed E-state index contributed by atoms with van der Waals surface area (Å²) in [5.41, 5.74) is 2.12. The number of imidazole rings is 1. The molecule has 86 valence electrons. The minimum Gasteiger partial charge on any atom is -0.356 e. The second kappa shape index (κ2) is 4.65. The molecule has 16 heavy (non-hydrogen) atoms. The fourth-order valence-corrected chi connectivity index (χ4v) is 2.36. The van der Waals surface area contributed by atoms with Crippen LogP contribution in [0.5, 0.6) is 0 Å². The van der Waals surface area contributed by atoms with Crippen LogP contribution in [0.25, 0.3) is 0 Å². The maximum absolute atomic E-state index is 4.46. The quantitative estimate of drug-likeness (QED) is 0.886. The molecule has 0 bridgehead atoms. The van der Waals surface area contributed by atoms with Gasteiger partial charge in [-0.25, -0.2) is 9.97 Å². The highest BCUT2D eigenvalue weighted by molar-refractivity contribution is 7.09. The van der Waals surface area contributed by atoms with Gasteiger partial charge in [-0.1, -0.05) is 0 Å². The Morgan fingerprint density at radius 1 is 1.31 bits per heavy atom. The highest BCUT2D eigenvalue weighted by Crippen LogP contribution is 2.15. The van der Waals surface area contributed by atoms with E-state index < -0.39 is 0 Å². The minimum absolute atomic E-state index is 0.793. The Kier molecular flexibility index (Phi) is 3.24. The van der Waals surface area contributed by atoms with E-state index in [1.165, 1.54) is 0 Å². The first-order chi connectivity index (χ1) is 7.69. The second-order valence-corrected chi connectivity index (χ2v) is 4.69. The van der Waals surface area contributed by atoms with Crippen molar-refractivity contribution in [2.45, 2.75) is 27.3 Å². The molecule has 0 aromatic carbocycles. The van der Waals surface area contributed by atoms with Gasteiger partial charge >= 0.3 is 0 Å². The maximum atomic E-state index is 4.46. The molecule has 5 heteroatoms. The van der Waals surface area contributed by atoms with E-state index in [1.54, 1.807) is 11.3 Å². The van der Waals surface area contributed by atoms with Crippen LogP contribution in [0.4, 0.5) is 5.95 Å². The smallest absolute Gasteiger partial charge is 0.203 e. The van der Waals surface area contributed by atoms with Crippen LogP contribution in [-0.4, -0.2) is 21.1 Å². The third kappa shape index (κ3) is 2.41. The molecule has 0 aliphatic carbocycles. The lowest BCUT2D eigenvalue weighted by atomic mass is 10.5. The average Bonchev–Trinajstić information content (AvgIpc) is 2.76. The van der Waals surface area contributed by atoms with Gasteiger partial charge in [0.2, 0.25) is 5.95 Å². The Bertz CT molecular complexity index is 472. The molecule has 0 atom stereocenters. The van der Waals surface area contributed by atoms with Crippen LogP contribution in [-0.2, 0) is 6.54 Å². The fourth-order valence-electron chi connectivity index (χ4n) is 1.59. The van der Waals surface area contributed by atoms with Crippen molar-refractivity contribution >= 4 is 17.3 Å². The summed E-state index contributed by atoms with van der Waals surface area (Å²) in [6, 6.07) is 0. The molecule has 0 aliphatic heterocycles. The van der Waals surface area contributed by atoms with Crippen LogP contribution < -0.4 is 5.32 Å². The summed E-state index contributed by atoms with van der Waals surface area (Å²) in [6.45, 7) is 7.77. The minimum atomic E-state index is 0.793. The van der Waals surface area contributed by atoms with Crippen molar-refractivity contribution < 1.29 is 0 Å². The van der Waals surface area contributed by atoms with Crippen LogP contribution in [0.1, 0.15) is 23.3 Å². The summed E-state index contributed by atoms with van der Waals surface area (Å²) < 4.78 is 2.11. The Morgan fingerprint density at radius 3 is 2.75 bits per heavy atom. The van der Waals surface area contributed by atoms with Crippen LogP contribution in [0.15, 0.2) is 11.6 Å². The van der Waals surface area contributed by atoms with E-state index in [9.17, 15) is 0 Å². The number of aryl methyl sites for hydroxylation is 2. The molecular formula is C11H16N4S. The summed E-state index contributed by atoms with van der Waals surface area (Å²) in [7, 11) is 0. The van der Waals surface area contributed by atoms with Crippen LogP contribution in [0.2, 0.25) is 0 Å². The third-order valence-corrected chi connectivity index (χ3v) is 3.16. The Morgan fingerprint density at radius 2 is 2.12 bits per heavy atom. The first kappa shape index (κ1) is 11.1. The molecule has 0 aliphatic rings. The van der Waals surface area contributed by atoms with E-state index in [4.69, 9.17) is 0 Å². The van der Waals surface area contributed by atoms with Gasteiger partial charge in [-0.15, -0.1) is 11.3 Å². The van der Waals surface area contributed by atoms with Gasteiger partial charge in [-0.2, -0.15) is 0 Å². The van der Waals surface area contributed by atoms with E-state index in [0.29, 0.717) is 0 Å². The summed E-state index contributed by atoms with van der Waals surface area (Å²) in [4.78, 5) is 8.89. The zero-order valence-corrected chi connectivity index (χ0v) is 10.6. The fraction of sp³-hybridized carbons (Fsp3) is 0.455. The SMILES string of the molecule is CCNc1nc(C)cn1Cc1nc(C)cs1. The van der Waals surface area contributed by atoms with E-state index in [2.05, 4.69) is 38.4 Å². The Labute approximate surface area is 99.4 Å². The lowest BCUT2D eigenvalue weighted by molar-refractivity contribution is 0.790. The molecule has 0 unspecified atom stereocenters. The van der Waals surface area contributed by atoms with Crippen LogP contribution >= 0.6 is 11.3 Å². The van der Waals surface area contributed by atoms with Gasteiger partial charge in [0.05, 0.1) is 12.2 Å². The van der Waals surface area contributed by atoms with Gasteiger partial charge in [0.1, 0.15) is 5.01 Å². The molecule has 2 heterocycles. The number of rotatable bonds is 4. The van der Waals surface area contributed by atoms with Crippen molar-refractivity contribution in [2.75, 3.05) is 11.9 Å². The van der Waals surface area contributed by atoms with E-state index in [1.807, 2.05) is 13.8 Å². The molecule has 0 radical (unpaired) electrons. The predicted molar refractivity (Wildman–Crippen MR) is 67.1 cm³/mol. The zero-order chi connectivity index (χ0) is 11.5. The lowest BCUT2D eigenvalue weighted by Crippen LogP contribution is -2.07. The van der Waals surface area contributed by atoms with Crippen molar-refractivity contribution in [3.63, 3.8) is 0 Å². The zero-order valence-electron chi connectivity index (χ0n) is 9.82. The average molecular weight is 236 g/mol. The highest BCUT2D eigenvalue weighted by atomic mass is 32.1. The molecule has 1 N–H and O–H groups in total.